The van der Waals surface area contributed by atoms with Crippen molar-refractivity contribution in [1.82, 2.24) is 0 Å². The molecule has 0 unspecified atom stereocenters. The molecular formula is C9H7BrINO3. The zero-order valence-electron chi connectivity index (χ0n) is 7.79. The van der Waals surface area contributed by atoms with Gasteiger partial charge in [0.05, 0.1) is 15.8 Å². The van der Waals surface area contributed by atoms with Gasteiger partial charge in [-0.1, -0.05) is 15.9 Å². The van der Waals surface area contributed by atoms with E-state index in [9.17, 15) is 14.9 Å². The molecule has 0 atom stereocenters. The quantitative estimate of drug-likeness (QED) is 0.265. The minimum atomic E-state index is -0.507. The predicted octanol–water partition coefficient (Wildman–Crippen LogP) is 3.09. The number of hydrogen-bond acceptors (Lipinski definition) is 3. The Kier molecular flexibility index (Phi) is 4.21. The Morgan fingerprint density at radius 3 is 2.67 bits per heavy atom. The molecule has 15 heavy (non-hydrogen) atoms. The number of alkyl halides is 1. The molecule has 0 saturated heterocycles. The lowest BCUT2D eigenvalue weighted by molar-refractivity contribution is -0.385. The molecule has 0 spiro atoms. The summed E-state index contributed by atoms with van der Waals surface area (Å²) >= 11 is 5.01. The zero-order valence-corrected chi connectivity index (χ0v) is 11.5. The number of nitro benzene ring substituents is 1. The number of nitrogens with zero attached hydrogens (tertiary/aromatic N) is 1. The van der Waals surface area contributed by atoms with Crippen LogP contribution in [-0.2, 0) is 0 Å². The molecule has 0 aliphatic carbocycles. The normalized spacial score (nSPS) is 10.1. The Balaban J connectivity index is 3.46. The van der Waals surface area contributed by atoms with Gasteiger partial charge in [0.15, 0.2) is 5.78 Å². The molecule has 0 heterocycles. The summed E-state index contributed by atoms with van der Waals surface area (Å²) in [7, 11) is 0. The van der Waals surface area contributed by atoms with Gasteiger partial charge in [-0.25, -0.2) is 0 Å². The van der Waals surface area contributed by atoms with Crippen LogP contribution in [0.15, 0.2) is 12.1 Å². The number of halogens is 2. The minimum absolute atomic E-state index is 0.0911. The Morgan fingerprint density at radius 1 is 1.60 bits per heavy atom. The van der Waals surface area contributed by atoms with Gasteiger partial charge in [-0.2, -0.15) is 0 Å². The van der Waals surface area contributed by atoms with E-state index in [0.717, 1.165) is 3.57 Å². The van der Waals surface area contributed by atoms with Gasteiger partial charge in [0.2, 0.25) is 0 Å². The third-order valence-corrected chi connectivity index (χ3v) is 3.65. The van der Waals surface area contributed by atoms with E-state index in [4.69, 9.17) is 0 Å². The summed E-state index contributed by atoms with van der Waals surface area (Å²) in [6.07, 6.45) is 0. The van der Waals surface area contributed by atoms with Crippen molar-refractivity contribution in [3.05, 3.63) is 36.9 Å². The SMILES string of the molecule is Cc1c(I)ccc(C(=O)CBr)c1[N+](=O)[O-]. The molecular weight excluding hydrogens is 377 g/mol. The monoisotopic (exact) mass is 383 g/mol. The molecule has 4 nitrogen and oxygen atoms in total. The number of Topliss-reactive ketones (excluding diaryl/α,β-unsaturated/α-hetero) is 1. The van der Waals surface area contributed by atoms with Crippen molar-refractivity contribution >= 4 is 50.0 Å². The third-order valence-electron chi connectivity index (χ3n) is 1.97. The highest BCUT2D eigenvalue weighted by molar-refractivity contribution is 14.1. The van der Waals surface area contributed by atoms with Crippen LogP contribution in [0.4, 0.5) is 5.69 Å². The van der Waals surface area contributed by atoms with Crippen LogP contribution in [0, 0.1) is 20.6 Å². The predicted molar refractivity (Wildman–Crippen MR) is 68.7 cm³/mol. The fourth-order valence-electron chi connectivity index (χ4n) is 1.21. The van der Waals surface area contributed by atoms with Gasteiger partial charge in [0, 0.05) is 9.13 Å². The van der Waals surface area contributed by atoms with Crippen molar-refractivity contribution in [3.8, 4) is 0 Å². The molecule has 0 aromatic heterocycles. The Hall–Kier alpha value is -0.500. The van der Waals surface area contributed by atoms with E-state index in [-0.39, 0.29) is 22.4 Å². The number of hydrogen-bond donors (Lipinski definition) is 0. The Labute approximate surface area is 108 Å². The lowest BCUT2D eigenvalue weighted by atomic mass is 10.1. The van der Waals surface area contributed by atoms with E-state index in [2.05, 4.69) is 15.9 Å². The fourth-order valence-corrected chi connectivity index (χ4v) is 1.95. The van der Waals surface area contributed by atoms with Crippen molar-refractivity contribution in [2.75, 3.05) is 5.33 Å². The molecule has 1 rings (SSSR count). The van der Waals surface area contributed by atoms with Crippen LogP contribution in [0.5, 0.6) is 0 Å². The highest BCUT2D eigenvalue weighted by Gasteiger charge is 2.23. The first-order valence-electron chi connectivity index (χ1n) is 4.01. The second kappa shape index (κ2) is 5.02. The van der Waals surface area contributed by atoms with Gasteiger partial charge in [-0.05, 0) is 41.6 Å². The van der Waals surface area contributed by atoms with E-state index in [1.807, 2.05) is 22.6 Å². The van der Waals surface area contributed by atoms with Crippen LogP contribution < -0.4 is 0 Å². The molecule has 0 amide bonds. The summed E-state index contributed by atoms with van der Waals surface area (Å²) in [5.41, 5.74) is 0.605. The Morgan fingerprint density at radius 2 is 2.20 bits per heavy atom. The van der Waals surface area contributed by atoms with Crippen molar-refractivity contribution in [2.24, 2.45) is 0 Å². The summed E-state index contributed by atoms with van der Waals surface area (Å²) in [4.78, 5) is 21.8. The number of carbonyl (C=O) groups is 1. The summed E-state index contributed by atoms with van der Waals surface area (Å²) in [6.45, 7) is 1.64. The standard InChI is InChI=1S/C9H7BrINO3/c1-5-7(11)3-2-6(8(13)4-10)9(5)12(14)15/h2-3H,4H2,1H3. The number of nitro groups is 1. The maximum Gasteiger partial charge on any atom is 0.284 e. The van der Waals surface area contributed by atoms with Crippen LogP contribution in [0.1, 0.15) is 15.9 Å². The zero-order chi connectivity index (χ0) is 11.6. The average Bonchev–Trinajstić information content (AvgIpc) is 2.20. The molecule has 0 saturated carbocycles. The molecule has 0 aliphatic rings. The van der Waals surface area contributed by atoms with Crippen LogP contribution in [-0.4, -0.2) is 16.0 Å². The van der Waals surface area contributed by atoms with E-state index >= 15 is 0 Å². The van der Waals surface area contributed by atoms with E-state index < -0.39 is 4.92 Å². The molecule has 1 aromatic rings. The molecule has 6 heteroatoms. The van der Waals surface area contributed by atoms with Gasteiger partial charge in [-0.3, -0.25) is 14.9 Å². The van der Waals surface area contributed by atoms with E-state index in [0.29, 0.717) is 5.56 Å². The second-order valence-corrected chi connectivity index (χ2v) is 4.61. The largest absolute Gasteiger partial charge is 0.293 e. The van der Waals surface area contributed by atoms with Crippen molar-refractivity contribution in [1.29, 1.82) is 0 Å². The highest BCUT2D eigenvalue weighted by atomic mass is 127. The smallest absolute Gasteiger partial charge is 0.284 e. The lowest BCUT2D eigenvalue weighted by Gasteiger charge is -2.04. The first-order valence-corrected chi connectivity index (χ1v) is 6.21. The topological polar surface area (TPSA) is 60.2 Å². The van der Waals surface area contributed by atoms with Crippen LogP contribution in [0.3, 0.4) is 0 Å². The maximum atomic E-state index is 11.4. The molecule has 0 aliphatic heterocycles. The van der Waals surface area contributed by atoms with Gasteiger partial charge in [-0.15, -0.1) is 0 Å². The lowest BCUT2D eigenvalue weighted by Crippen LogP contribution is -2.07. The first-order chi connectivity index (χ1) is 6.99. The Bertz CT molecular complexity index is 434. The second-order valence-electron chi connectivity index (χ2n) is 2.88. The minimum Gasteiger partial charge on any atom is -0.293 e. The first kappa shape index (κ1) is 12.6. The van der Waals surface area contributed by atoms with Crippen molar-refractivity contribution in [3.63, 3.8) is 0 Å². The summed E-state index contributed by atoms with van der Waals surface area (Å²) in [6, 6.07) is 3.20. The average molecular weight is 384 g/mol. The van der Waals surface area contributed by atoms with Crippen molar-refractivity contribution in [2.45, 2.75) is 6.92 Å². The molecule has 80 valence electrons. The van der Waals surface area contributed by atoms with Gasteiger partial charge >= 0.3 is 0 Å². The summed E-state index contributed by atoms with van der Waals surface area (Å²) in [5, 5.41) is 10.9. The summed E-state index contributed by atoms with van der Waals surface area (Å²) < 4.78 is 0.783. The third kappa shape index (κ3) is 2.54. The van der Waals surface area contributed by atoms with Crippen LogP contribution in [0.2, 0.25) is 0 Å². The van der Waals surface area contributed by atoms with Crippen molar-refractivity contribution < 1.29 is 9.72 Å². The van der Waals surface area contributed by atoms with Crippen LogP contribution in [0.25, 0.3) is 0 Å². The summed E-state index contributed by atoms with van der Waals surface area (Å²) in [5.74, 6) is -0.277. The molecule has 0 bridgehead atoms. The van der Waals surface area contributed by atoms with Gasteiger partial charge < -0.3 is 0 Å². The van der Waals surface area contributed by atoms with Crippen LogP contribution >= 0.6 is 38.5 Å². The van der Waals surface area contributed by atoms with Gasteiger partial charge in [0.25, 0.3) is 5.69 Å². The number of carbonyl (C=O) groups excluding carboxylic acids is 1. The van der Waals surface area contributed by atoms with Gasteiger partial charge in [0.1, 0.15) is 0 Å². The number of ketones is 1. The maximum absolute atomic E-state index is 11.4. The fraction of sp³-hybridized carbons (Fsp3) is 0.222. The number of benzene rings is 1. The number of rotatable bonds is 3. The highest BCUT2D eigenvalue weighted by Crippen LogP contribution is 2.28. The molecule has 0 radical (unpaired) electrons. The molecule has 1 aromatic carbocycles. The van der Waals surface area contributed by atoms with E-state index in [1.165, 1.54) is 6.07 Å². The molecule has 0 fully saturated rings. The molecule has 0 N–H and O–H groups in total. The van der Waals surface area contributed by atoms with E-state index in [1.54, 1.807) is 13.0 Å².